The van der Waals surface area contributed by atoms with E-state index in [-0.39, 0.29) is 12.5 Å². The second-order valence-electron chi connectivity index (χ2n) is 24.3. The molecule has 0 aromatic heterocycles. The summed E-state index contributed by atoms with van der Waals surface area (Å²) in [5.41, 5.74) is 0. The van der Waals surface area contributed by atoms with Crippen LogP contribution in [0.5, 0.6) is 0 Å². The first-order chi connectivity index (χ1) is 44.3. The minimum atomic E-state index is -1.59. The van der Waals surface area contributed by atoms with Crippen LogP contribution < -0.4 is 5.32 Å². The fraction of sp³-hybridized carbons (Fsp3) is 0.642. The summed E-state index contributed by atoms with van der Waals surface area (Å²) in [5, 5.41) is 54.7. The van der Waals surface area contributed by atoms with Gasteiger partial charge in [-0.25, -0.2) is 0 Å². The summed E-state index contributed by atoms with van der Waals surface area (Å²) in [4.78, 5) is 13.1. The van der Waals surface area contributed by atoms with Gasteiger partial charge in [-0.2, -0.15) is 0 Å². The van der Waals surface area contributed by atoms with Crippen LogP contribution in [0.2, 0.25) is 0 Å². The Morgan fingerprint density at radius 2 is 0.700 bits per heavy atom. The lowest BCUT2D eigenvalue weighted by atomic mass is 9.99. The molecule has 1 heterocycles. The number of allylic oxidation sites excluding steroid dienone is 27. The first-order valence-corrected chi connectivity index (χ1v) is 36.4. The third-order valence-corrected chi connectivity index (χ3v) is 16.0. The molecule has 1 saturated heterocycles. The molecule has 0 bridgehead atoms. The van der Waals surface area contributed by atoms with E-state index in [1.807, 2.05) is 6.08 Å². The number of rotatable bonds is 61. The Kier molecular flexibility index (Phi) is 62.6. The van der Waals surface area contributed by atoms with Crippen molar-refractivity contribution in [3.8, 4) is 0 Å². The number of carbonyl (C=O) groups excluding carboxylic acids is 1. The van der Waals surface area contributed by atoms with Crippen molar-refractivity contribution in [1.29, 1.82) is 0 Å². The van der Waals surface area contributed by atoms with Crippen LogP contribution in [0.4, 0.5) is 0 Å². The molecule has 0 aromatic rings. The Hall–Kier alpha value is -4.45. The number of hydrogen-bond donors (Lipinski definition) is 6. The maximum atomic E-state index is 13.1. The van der Waals surface area contributed by atoms with Gasteiger partial charge in [0, 0.05) is 6.42 Å². The molecule has 0 radical (unpaired) electrons. The van der Waals surface area contributed by atoms with Crippen LogP contribution >= 0.6 is 0 Å². The molecule has 1 aliphatic heterocycles. The van der Waals surface area contributed by atoms with Crippen LogP contribution in [0.25, 0.3) is 0 Å². The second kappa shape index (κ2) is 67.4. The zero-order valence-electron chi connectivity index (χ0n) is 57.1. The molecule has 1 rings (SSSR count). The van der Waals surface area contributed by atoms with Gasteiger partial charge in [-0.15, -0.1) is 0 Å². The molecule has 7 atom stereocenters. The van der Waals surface area contributed by atoms with E-state index in [4.69, 9.17) is 9.47 Å². The van der Waals surface area contributed by atoms with Gasteiger partial charge in [-0.1, -0.05) is 319 Å². The molecule has 7 unspecified atom stereocenters. The maximum absolute atomic E-state index is 13.1. The Balaban J connectivity index is 2.20. The van der Waals surface area contributed by atoms with Crippen molar-refractivity contribution >= 4 is 5.91 Å². The fourth-order valence-corrected chi connectivity index (χ4v) is 10.4. The standard InChI is InChI=1S/C81H133NO8/c1-3-5-7-9-11-13-15-17-19-21-23-25-27-29-31-32-33-34-35-36-37-38-39-40-41-42-43-44-45-47-49-51-53-55-57-59-61-63-65-67-69-71-77(85)82-74(73-89-81-80(88)79(87)78(86)76(72-83)90-81)75(84)70-68-66-64-62-60-58-56-54-52-50-48-46-30-28-26-24-22-20-18-16-14-12-10-8-6-4-2/h5,7,11,13,17,19,23,25,29,31,33-34,36-37,39-40,42-43,45,47,51,53,57,59-60,62,68,70,74-76,78-81,83-84,86-88H,3-4,6,8-10,12,14-16,18,20-22,24,26-28,30,32,35,38,41,44,46,48-50,52,54-56,58,61,63-67,69,71-73H2,1-2H3,(H,82,85)/b7-5-,13-11-,19-17-,25-23-,31-29-,34-33-,37-36-,40-39-,43-42-,47-45-,53-51-,59-57-,62-60+,70-68+. The maximum Gasteiger partial charge on any atom is 0.220 e. The van der Waals surface area contributed by atoms with Crippen molar-refractivity contribution in [2.45, 2.75) is 320 Å². The molecule has 9 nitrogen and oxygen atoms in total. The largest absolute Gasteiger partial charge is 0.394 e. The highest BCUT2D eigenvalue weighted by Gasteiger charge is 2.44. The quantitative estimate of drug-likeness (QED) is 0.0261. The van der Waals surface area contributed by atoms with Crippen molar-refractivity contribution in [1.82, 2.24) is 5.32 Å². The minimum absolute atomic E-state index is 0.216. The highest BCUT2D eigenvalue weighted by Crippen LogP contribution is 2.23. The topological polar surface area (TPSA) is 149 Å². The smallest absolute Gasteiger partial charge is 0.220 e. The van der Waals surface area contributed by atoms with Crippen molar-refractivity contribution in [2.75, 3.05) is 13.2 Å². The van der Waals surface area contributed by atoms with Crippen LogP contribution in [-0.2, 0) is 14.3 Å². The molecule has 1 fully saturated rings. The van der Waals surface area contributed by atoms with E-state index in [0.29, 0.717) is 12.8 Å². The zero-order chi connectivity index (χ0) is 64.9. The zero-order valence-corrected chi connectivity index (χ0v) is 57.1. The van der Waals surface area contributed by atoms with Gasteiger partial charge in [0.05, 0.1) is 25.4 Å². The van der Waals surface area contributed by atoms with Crippen molar-refractivity contribution in [3.05, 3.63) is 170 Å². The van der Waals surface area contributed by atoms with Gasteiger partial charge in [0.2, 0.25) is 5.91 Å². The molecule has 1 amide bonds. The highest BCUT2D eigenvalue weighted by molar-refractivity contribution is 5.76. The summed E-state index contributed by atoms with van der Waals surface area (Å²) in [6.45, 7) is 3.65. The summed E-state index contributed by atoms with van der Waals surface area (Å²) < 4.78 is 11.3. The van der Waals surface area contributed by atoms with Gasteiger partial charge in [-0.3, -0.25) is 4.79 Å². The van der Waals surface area contributed by atoms with E-state index in [1.54, 1.807) is 6.08 Å². The van der Waals surface area contributed by atoms with Crippen LogP contribution in [0, 0.1) is 0 Å². The van der Waals surface area contributed by atoms with Gasteiger partial charge in [0.25, 0.3) is 0 Å². The highest BCUT2D eigenvalue weighted by atomic mass is 16.7. The number of aliphatic hydroxyl groups excluding tert-OH is 5. The molecule has 90 heavy (non-hydrogen) atoms. The summed E-state index contributed by atoms with van der Waals surface area (Å²) in [6, 6.07) is -0.850. The molecule has 6 N–H and O–H groups in total. The van der Waals surface area contributed by atoms with E-state index in [2.05, 4.69) is 177 Å². The van der Waals surface area contributed by atoms with Crippen molar-refractivity contribution in [2.24, 2.45) is 0 Å². The molecule has 0 saturated carbocycles. The SMILES string of the molecule is CC/C=C\C/C=C\C/C=C\C/C=C\C/C=C\C/C=C\C/C=C\C/C=C\C/C=C\C/C=C\C/C=C\C/C=C\CCCCCCC(=O)NC(COC1OC(CO)C(O)C(O)C1O)C(O)/C=C/CC/C=C/CCCCCCCCCCCCCCCCCCCCCC. The van der Waals surface area contributed by atoms with Crippen molar-refractivity contribution in [3.63, 3.8) is 0 Å². The molecular weight excluding hydrogens is 1110 g/mol. The van der Waals surface area contributed by atoms with Crippen LogP contribution in [0.15, 0.2) is 170 Å². The predicted octanol–water partition coefficient (Wildman–Crippen LogP) is 20.5. The predicted molar refractivity (Wildman–Crippen MR) is 386 cm³/mol. The molecular formula is C81H133NO8. The Bertz CT molecular complexity index is 2030. The number of nitrogens with one attached hydrogen (secondary N) is 1. The van der Waals surface area contributed by atoms with Crippen LogP contribution in [0.1, 0.15) is 277 Å². The molecule has 0 aromatic carbocycles. The van der Waals surface area contributed by atoms with Gasteiger partial charge in [0.15, 0.2) is 6.29 Å². The van der Waals surface area contributed by atoms with Gasteiger partial charge < -0.3 is 40.3 Å². The minimum Gasteiger partial charge on any atom is -0.394 e. The summed E-state index contributed by atoms with van der Waals surface area (Å²) in [5.74, 6) is -0.216. The monoisotopic (exact) mass is 1250 g/mol. The molecule has 1 aliphatic rings. The normalized spacial score (nSPS) is 18.9. The molecule has 0 aliphatic carbocycles. The van der Waals surface area contributed by atoms with E-state index in [9.17, 15) is 30.3 Å². The summed E-state index contributed by atoms with van der Waals surface area (Å²) in [6.07, 6.45) is 100. The van der Waals surface area contributed by atoms with Gasteiger partial charge in [0.1, 0.15) is 24.4 Å². The Morgan fingerprint density at radius 3 is 1.07 bits per heavy atom. The van der Waals surface area contributed by atoms with E-state index in [0.717, 1.165) is 122 Å². The van der Waals surface area contributed by atoms with Gasteiger partial charge in [-0.05, 0) is 122 Å². The third-order valence-electron chi connectivity index (χ3n) is 16.0. The summed E-state index contributed by atoms with van der Waals surface area (Å²) >= 11 is 0. The number of ether oxygens (including phenoxy) is 2. The lowest BCUT2D eigenvalue weighted by Gasteiger charge is -2.40. The molecule has 0 spiro atoms. The Morgan fingerprint density at radius 1 is 0.389 bits per heavy atom. The third kappa shape index (κ3) is 55.2. The molecule has 9 heteroatoms. The summed E-state index contributed by atoms with van der Waals surface area (Å²) in [7, 11) is 0. The lowest BCUT2D eigenvalue weighted by Crippen LogP contribution is -2.60. The van der Waals surface area contributed by atoms with Crippen molar-refractivity contribution < 1.29 is 39.8 Å². The number of hydrogen-bond acceptors (Lipinski definition) is 8. The first kappa shape index (κ1) is 83.6. The number of amides is 1. The molecule has 510 valence electrons. The van der Waals surface area contributed by atoms with E-state index >= 15 is 0 Å². The van der Waals surface area contributed by atoms with E-state index in [1.165, 1.54) is 128 Å². The second-order valence-corrected chi connectivity index (χ2v) is 24.3. The average Bonchev–Trinajstić information content (AvgIpc) is 1.28. The number of carbonyl (C=O) groups is 1. The average molecular weight is 1250 g/mol. The fourth-order valence-electron chi connectivity index (χ4n) is 10.4. The van der Waals surface area contributed by atoms with Crippen LogP contribution in [-0.4, -0.2) is 87.5 Å². The van der Waals surface area contributed by atoms with Gasteiger partial charge >= 0.3 is 0 Å². The van der Waals surface area contributed by atoms with Crippen LogP contribution in [0.3, 0.4) is 0 Å². The Labute approximate surface area is 551 Å². The number of unbranched alkanes of at least 4 members (excludes halogenated alkanes) is 25. The first-order valence-electron chi connectivity index (χ1n) is 36.4. The lowest BCUT2D eigenvalue weighted by molar-refractivity contribution is -0.302. The van der Waals surface area contributed by atoms with E-state index < -0.39 is 49.5 Å². The number of aliphatic hydroxyl groups is 5.